The summed E-state index contributed by atoms with van der Waals surface area (Å²) in [6, 6.07) is 13.0. The van der Waals surface area contributed by atoms with Crippen LogP contribution in [-0.4, -0.2) is 12.1 Å². The molecule has 0 spiro atoms. The average molecular weight is 320 g/mol. The molecule has 2 nitrogen and oxygen atoms in total. The van der Waals surface area contributed by atoms with Gasteiger partial charge in [0.15, 0.2) is 12.1 Å². The van der Waals surface area contributed by atoms with E-state index in [0.717, 1.165) is 19.1 Å². The monoisotopic (exact) mass is 320 g/mol. The zero-order valence-electron chi connectivity index (χ0n) is 14.8. The summed E-state index contributed by atoms with van der Waals surface area (Å²) >= 11 is 0. The highest BCUT2D eigenvalue weighted by Gasteiger charge is 2.37. The van der Waals surface area contributed by atoms with Crippen LogP contribution >= 0.6 is 0 Å². The molecule has 0 radical (unpaired) electrons. The van der Waals surface area contributed by atoms with Crippen molar-refractivity contribution in [3.63, 3.8) is 0 Å². The van der Waals surface area contributed by atoms with E-state index < -0.39 is 0 Å². The standard InChI is InChI=1S/C22H24O2/c1-21(2)11-12-22(3,4)19-13-15(9-10-18(19)21)20(24)17-8-6-5-7-16(17)14-23/h5-10,13-14H,11-12H2,1-4H3. The molecule has 0 N–H and O–H groups in total. The minimum Gasteiger partial charge on any atom is -0.298 e. The molecule has 3 rings (SSSR count). The van der Waals surface area contributed by atoms with Crippen LogP contribution in [0.5, 0.6) is 0 Å². The van der Waals surface area contributed by atoms with E-state index in [0.29, 0.717) is 16.7 Å². The van der Waals surface area contributed by atoms with Crippen molar-refractivity contribution in [2.75, 3.05) is 0 Å². The summed E-state index contributed by atoms with van der Waals surface area (Å²) in [6.45, 7) is 9.03. The lowest BCUT2D eigenvalue weighted by molar-refractivity contribution is 0.102. The van der Waals surface area contributed by atoms with Crippen molar-refractivity contribution in [1.82, 2.24) is 0 Å². The third kappa shape index (κ3) is 2.71. The molecule has 2 aromatic carbocycles. The number of fused-ring (bicyclic) bond motifs is 1. The second-order valence-electron chi connectivity index (χ2n) is 8.06. The van der Waals surface area contributed by atoms with Crippen LogP contribution in [0.4, 0.5) is 0 Å². The Morgan fingerprint density at radius 2 is 1.54 bits per heavy atom. The van der Waals surface area contributed by atoms with Gasteiger partial charge in [-0.1, -0.05) is 64.1 Å². The summed E-state index contributed by atoms with van der Waals surface area (Å²) in [6.07, 6.45) is 3.00. The third-order valence-electron chi connectivity index (χ3n) is 5.45. The number of ketones is 1. The molecular formula is C22H24O2. The Morgan fingerprint density at radius 1 is 0.917 bits per heavy atom. The van der Waals surface area contributed by atoms with Gasteiger partial charge < -0.3 is 0 Å². The summed E-state index contributed by atoms with van der Waals surface area (Å²) in [5, 5.41) is 0. The molecule has 0 amide bonds. The molecule has 0 atom stereocenters. The molecule has 0 heterocycles. The zero-order chi connectivity index (χ0) is 17.5. The number of benzene rings is 2. The highest BCUT2D eigenvalue weighted by molar-refractivity contribution is 6.12. The molecule has 0 saturated heterocycles. The van der Waals surface area contributed by atoms with Crippen LogP contribution in [0.25, 0.3) is 0 Å². The van der Waals surface area contributed by atoms with Gasteiger partial charge in [0.05, 0.1) is 0 Å². The zero-order valence-corrected chi connectivity index (χ0v) is 14.8. The first kappa shape index (κ1) is 16.6. The van der Waals surface area contributed by atoms with Gasteiger partial charge in [-0.2, -0.15) is 0 Å². The van der Waals surface area contributed by atoms with Crippen molar-refractivity contribution in [2.45, 2.75) is 51.4 Å². The maximum Gasteiger partial charge on any atom is 0.193 e. The number of hydrogen-bond acceptors (Lipinski definition) is 2. The molecule has 0 aromatic heterocycles. The normalized spacial score (nSPS) is 17.8. The van der Waals surface area contributed by atoms with Crippen molar-refractivity contribution >= 4 is 12.1 Å². The van der Waals surface area contributed by atoms with Crippen molar-refractivity contribution < 1.29 is 9.59 Å². The van der Waals surface area contributed by atoms with Crippen LogP contribution in [-0.2, 0) is 10.8 Å². The molecule has 2 aromatic rings. The van der Waals surface area contributed by atoms with Gasteiger partial charge >= 0.3 is 0 Å². The molecule has 0 aliphatic heterocycles. The molecule has 0 saturated carbocycles. The maximum absolute atomic E-state index is 12.9. The van der Waals surface area contributed by atoms with Crippen LogP contribution in [0.2, 0.25) is 0 Å². The summed E-state index contributed by atoms with van der Waals surface area (Å²) in [7, 11) is 0. The topological polar surface area (TPSA) is 34.1 Å². The SMILES string of the molecule is CC1(C)CCC(C)(C)c2cc(C(=O)c3ccccc3C=O)ccc21. The highest BCUT2D eigenvalue weighted by atomic mass is 16.1. The molecule has 0 fully saturated rings. The van der Waals surface area contributed by atoms with Gasteiger partial charge in [0.2, 0.25) is 0 Å². The van der Waals surface area contributed by atoms with E-state index in [4.69, 9.17) is 0 Å². The van der Waals surface area contributed by atoms with Crippen molar-refractivity contribution in [3.8, 4) is 0 Å². The Balaban J connectivity index is 2.11. The lowest BCUT2D eigenvalue weighted by Crippen LogP contribution is -2.34. The van der Waals surface area contributed by atoms with Crippen LogP contribution in [0.15, 0.2) is 42.5 Å². The van der Waals surface area contributed by atoms with Gasteiger partial charge in [0.25, 0.3) is 0 Å². The second kappa shape index (κ2) is 5.70. The number of aldehydes is 1. The molecule has 0 bridgehead atoms. The predicted octanol–water partition coefficient (Wildman–Crippen LogP) is 5.08. The quantitative estimate of drug-likeness (QED) is 0.584. The van der Waals surface area contributed by atoms with E-state index in [-0.39, 0.29) is 16.6 Å². The smallest absolute Gasteiger partial charge is 0.193 e. The van der Waals surface area contributed by atoms with Crippen LogP contribution in [0, 0.1) is 0 Å². The Hall–Kier alpha value is -2.22. The molecule has 2 heteroatoms. The lowest BCUT2D eigenvalue weighted by atomic mass is 9.63. The van der Waals surface area contributed by atoms with E-state index in [2.05, 4.69) is 33.8 Å². The Labute approximate surface area is 143 Å². The molecule has 1 aliphatic rings. The van der Waals surface area contributed by atoms with E-state index in [1.165, 1.54) is 11.1 Å². The fourth-order valence-corrected chi connectivity index (χ4v) is 3.69. The van der Waals surface area contributed by atoms with Crippen molar-refractivity contribution in [2.24, 2.45) is 0 Å². The summed E-state index contributed by atoms with van der Waals surface area (Å²) in [5.74, 6) is -0.0836. The van der Waals surface area contributed by atoms with Gasteiger partial charge in [0, 0.05) is 16.7 Å². The van der Waals surface area contributed by atoms with Gasteiger partial charge in [-0.25, -0.2) is 0 Å². The van der Waals surface area contributed by atoms with Gasteiger partial charge in [-0.05, 0) is 40.9 Å². The number of rotatable bonds is 3. The Kier molecular flexibility index (Phi) is 3.95. The van der Waals surface area contributed by atoms with Gasteiger partial charge in [-0.15, -0.1) is 0 Å². The molecule has 124 valence electrons. The van der Waals surface area contributed by atoms with E-state index >= 15 is 0 Å². The van der Waals surface area contributed by atoms with Crippen molar-refractivity contribution in [1.29, 1.82) is 0 Å². The summed E-state index contributed by atoms with van der Waals surface area (Å²) in [4.78, 5) is 24.2. The van der Waals surface area contributed by atoms with Crippen LogP contribution < -0.4 is 0 Å². The number of hydrogen-bond donors (Lipinski definition) is 0. The minimum absolute atomic E-state index is 0.0608. The summed E-state index contributed by atoms with van der Waals surface area (Å²) in [5.41, 5.74) is 4.36. The first-order valence-electron chi connectivity index (χ1n) is 8.50. The van der Waals surface area contributed by atoms with Gasteiger partial charge in [0.1, 0.15) is 0 Å². The first-order chi connectivity index (χ1) is 11.3. The highest BCUT2D eigenvalue weighted by Crippen LogP contribution is 2.46. The molecule has 24 heavy (non-hydrogen) atoms. The number of carbonyl (C=O) groups is 2. The van der Waals surface area contributed by atoms with E-state index in [1.807, 2.05) is 12.1 Å². The largest absolute Gasteiger partial charge is 0.298 e. The fraction of sp³-hybridized carbons (Fsp3) is 0.364. The predicted molar refractivity (Wildman–Crippen MR) is 97.0 cm³/mol. The Bertz CT molecular complexity index is 812. The first-order valence-corrected chi connectivity index (χ1v) is 8.50. The van der Waals surface area contributed by atoms with Crippen LogP contribution in [0.3, 0.4) is 0 Å². The minimum atomic E-state index is -0.0836. The Morgan fingerprint density at radius 3 is 2.21 bits per heavy atom. The second-order valence-corrected chi connectivity index (χ2v) is 8.06. The van der Waals surface area contributed by atoms with E-state index in [9.17, 15) is 9.59 Å². The van der Waals surface area contributed by atoms with E-state index in [1.54, 1.807) is 24.3 Å². The molecule has 1 aliphatic carbocycles. The number of carbonyl (C=O) groups excluding carboxylic acids is 2. The van der Waals surface area contributed by atoms with Crippen molar-refractivity contribution in [3.05, 3.63) is 70.3 Å². The lowest BCUT2D eigenvalue weighted by Gasteiger charge is -2.42. The maximum atomic E-state index is 12.9. The molecule has 0 unspecified atom stereocenters. The van der Waals surface area contributed by atoms with Gasteiger partial charge in [-0.3, -0.25) is 9.59 Å². The molecular weight excluding hydrogens is 296 g/mol. The fourth-order valence-electron chi connectivity index (χ4n) is 3.69. The summed E-state index contributed by atoms with van der Waals surface area (Å²) < 4.78 is 0. The van der Waals surface area contributed by atoms with Crippen LogP contribution in [0.1, 0.15) is 77.9 Å². The average Bonchev–Trinajstić information content (AvgIpc) is 2.58. The third-order valence-corrected chi connectivity index (χ3v) is 5.45.